The molecule has 0 bridgehead atoms. The Morgan fingerprint density at radius 3 is 2.89 bits per heavy atom. The zero-order valence-electron chi connectivity index (χ0n) is 9.79. The predicted octanol–water partition coefficient (Wildman–Crippen LogP) is 1.48. The lowest BCUT2D eigenvalue weighted by Crippen LogP contribution is -2.29. The highest BCUT2D eigenvalue weighted by Gasteiger charge is 2.17. The molecule has 0 radical (unpaired) electrons. The van der Waals surface area contributed by atoms with Crippen LogP contribution in [0.25, 0.3) is 0 Å². The van der Waals surface area contributed by atoms with E-state index in [1.54, 1.807) is 0 Å². The second-order valence-electron chi connectivity index (χ2n) is 4.03. The van der Waals surface area contributed by atoms with Gasteiger partial charge in [-0.15, -0.1) is 0 Å². The summed E-state index contributed by atoms with van der Waals surface area (Å²) in [7, 11) is 0. The molecule has 1 fully saturated rings. The van der Waals surface area contributed by atoms with Crippen molar-refractivity contribution in [3.05, 3.63) is 16.3 Å². The number of nitrogens with one attached hydrogen (secondary N) is 1. The summed E-state index contributed by atoms with van der Waals surface area (Å²) in [4.78, 5) is 27.4. The topological polar surface area (TPSA) is 88.4 Å². The molecule has 1 aromatic rings. The van der Waals surface area contributed by atoms with Crippen molar-refractivity contribution in [2.24, 2.45) is 0 Å². The zero-order chi connectivity index (χ0) is 13.0. The van der Waals surface area contributed by atoms with Crippen LogP contribution in [0.15, 0.2) is 6.20 Å². The van der Waals surface area contributed by atoms with Gasteiger partial charge in [0.15, 0.2) is 5.13 Å². The Balaban J connectivity index is 1.74. The van der Waals surface area contributed by atoms with E-state index in [0.717, 1.165) is 37.3 Å². The van der Waals surface area contributed by atoms with Crippen LogP contribution in [0.3, 0.4) is 0 Å². The molecule has 0 unspecified atom stereocenters. The third-order valence-electron chi connectivity index (χ3n) is 2.75. The van der Waals surface area contributed by atoms with Crippen LogP contribution in [-0.4, -0.2) is 40.3 Å². The highest BCUT2D eigenvalue weighted by molar-refractivity contribution is 7.18. The van der Waals surface area contributed by atoms with Crippen molar-refractivity contribution in [1.82, 2.24) is 9.88 Å². The lowest BCUT2D eigenvalue weighted by molar-refractivity contribution is -0.380. The van der Waals surface area contributed by atoms with Crippen LogP contribution in [0, 0.1) is 10.1 Å². The first-order valence-corrected chi connectivity index (χ1v) is 6.60. The van der Waals surface area contributed by atoms with Crippen molar-refractivity contribution in [2.75, 3.05) is 25.0 Å². The maximum Gasteiger partial charge on any atom is 0.345 e. The van der Waals surface area contributed by atoms with Gasteiger partial charge in [-0.1, -0.05) is 0 Å². The van der Waals surface area contributed by atoms with Crippen molar-refractivity contribution >= 4 is 27.4 Å². The lowest BCUT2D eigenvalue weighted by atomic mass is 10.3. The molecule has 1 amide bonds. The molecule has 1 N–H and O–H groups in total. The molecule has 7 nitrogen and oxygen atoms in total. The largest absolute Gasteiger partial charge is 0.361 e. The third-order valence-corrected chi connectivity index (χ3v) is 3.65. The van der Waals surface area contributed by atoms with E-state index >= 15 is 0 Å². The highest BCUT2D eigenvalue weighted by atomic mass is 32.1. The molecule has 8 heteroatoms. The summed E-state index contributed by atoms with van der Waals surface area (Å²) in [5.41, 5.74) is 0. The van der Waals surface area contributed by atoms with Gasteiger partial charge < -0.3 is 10.2 Å². The highest BCUT2D eigenvalue weighted by Crippen LogP contribution is 2.24. The van der Waals surface area contributed by atoms with Gasteiger partial charge in [0, 0.05) is 26.1 Å². The number of hydrogen-bond acceptors (Lipinski definition) is 6. The molecule has 2 heterocycles. The Morgan fingerprint density at radius 1 is 1.56 bits per heavy atom. The van der Waals surface area contributed by atoms with Gasteiger partial charge in [0.2, 0.25) is 5.91 Å². The monoisotopic (exact) mass is 270 g/mol. The second-order valence-corrected chi connectivity index (χ2v) is 5.03. The first-order chi connectivity index (χ1) is 8.66. The zero-order valence-corrected chi connectivity index (χ0v) is 10.6. The maximum absolute atomic E-state index is 11.7. The molecule has 0 atom stereocenters. The molecular weight excluding hydrogens is 256 g/mol. The molecule has 0 aromatic carbocycles. The molecule has 18 heavy (non-hydrogen) atoms. The van der Waals surface area contributed by atoms with Crippen molar-refractivity contribution < 1.29 is 9.72 Å². The Kier molecular flexibility index (Phi) is 4.08. The molecule has 0 aliphatic carbocycles. The summed E-state index contributed by atoms with van der Waals surface area (Å²) in [6, 6.07) is 0. The summed E-state index contributed by atoms with van der Waals surface area (Å²) in [6.45, 7) is 2.16. The first kappa shape index (κ1) is 12.7. The van der Waals surface area contributed by atoms with Crippen molar-refractivity contribution in [2.45, 2.75) is 19.3 Å². The summed E-state index contributed by atoms with van der Waals surface area (Å²) >= 11 is 0.979. The van der Waals surface area contributed by atoms with Crippen molar-refractivity contribution in [3.63, 3.8) is 0 Å². The summed E-state index contributed by atoms with van der Waals surface area (Å²) in [5.74, 6) is 0.131. The minimum Gasteiger partial charge on any atom is -0.361 e. The van der Waals surface area contributed by atoms with Gasteiger partial charge in [0.1, 0.15) is 6.20 Å². The van der Waals surface area contributed by atoms with Crippen LogP contribution < -0.4 is 5.32 Å². The number of nitrogens with zero attached hydrogens (tertiary/aromatic N) is 3. The van der Waals surface area contributed by atoms with Crippen LogP contribution in [-0.2, 0) is 4.79 Å². The van der Waals surface area contributed by atoms with E-state index in [9.17, 15) is 14.9 Å². The average molecular weight is 270 g/mol. The standard InChI is InChI=1S/C10H14N4O3S/c15-8(13-5-1-2-6-13)3-4-11-10-12-7-9(18-10)14(16)17/h7H,1-6H2,(H,11,12). The van der Waals surface area contributed by atoms with Gasteiger partial charge in [-0.25, -0.2) is 4.98 Å². The molecule has 1 saturated heterocycles. The number of carbonyl (C=O) groups excluding carboxylic acids is 1. The van der Waals surface area contributed by atoms with Crippen LogP contribution in [0.5, 0.6) is 0 Å². The molecule has 0 saturated carbocycles. The SMILES string of the molecule is O=C(CCNc1ncc([N+](=O)[O-])s1)N1CCCC1. The average Bonchev–Trinajstić information content (AvgIpc) is 3.00. The van der Waals surface area contributed by atoms with Gasteiger partial charge >= 0.3 is 5.00 Å². The predicted molar refractivity (Wildman–Crippen MR) is 67.7 cm³/mol. The van der Waals surface area contributed by atoms with Crippen molar-refractivity contribution in [1.29, 1.82) is 0 Å². The van der Waals surface area contributed by atoms with E-state index in [2.05, 4.69) is 10.3 Å². The van der Waals surface area contributed by atoms with Gasteiger partial charge in [-0.05, 0) is 24.2 Å². The fourth-order valence-electron chi connectivity index (χ4n) is 1.83. The second kappa shape index (κ2) is 5.76. The Labute approximate surface area is 108 Å². The summed E-state index contributed by atoms with van der Waals surface area (Å²) in [5, 5.41) is 13.9. The smallest absolute Gasteiger partial charge is 0.345 e. The molecule has 1 aliphatic rings. The number of amides is 1. The Morgan fingerprint density at radius 2 is 2.28 bits per heavy atom. The van der Waals surface area contributed by atoms with Crippen LogP contribution in [0.1, 0.15) is 19.3 Å². The quantitative estimate of drug-likeness (QED) is 0.646. The normalized spacial score (nSPS) is 14.8. The number of hydrogen-bond donors (Lipinski definition) is 1. The molecule has 0 spiro atoms. The maximum atomic E-state index is 11.7. The van der Waals surface area contributed by atoms with Gasteiger partial charge in [-0.3, -0.25) is 14.9 Å². The fourth-order valence-corrected chi connectivity index (χ4v) is 2.49. The number of aromatic nitrogens is 1. The minimum atomic E-state index is -0.474. The minimum absolute atomic E-state index is 0.00312. The van der Waals surface area contributed by atoms with E-state index in [0.29, 0.717) is 18.1 Å². The third kappa shape index (κ3) is 3.16. The van der Waals surface area contributed by atoms with E-state index in [1.807, 2.05) is 4.90 Å². The Hall–Kier alpha value is -1.70. The number of likely N-dealkylation sites (tertiary alicyclic amines) is 1. The van der Waals surface area contributed by atoms with E-state index < -0.39 is 4.92 Å². The summed E-state index contributed by atoms with van der Waals surface area (Å²) in [6.07, 6.45) is 3.78. The number of anilines is 1. The van der Waals surface area contributed by atoms with Crippen LogP contribution in [0.2, 0.25) is 0 Å². The van der Waals surface area contributed by atoms with Gasteiger partial charge in [-0.2, -0.15) is 0 Å². The number of rotatable bonds is 5. The number of carbonyl (C=O) groups is 1. The molecular formula is C10H14N4O3S. The first-order valence-electron chi connectivity index (χ1n) is 5.78. The number of thiazole rings is 1. The van der Waals surface area contributed by atoms with E-state index in [1.165, 1.54) is 6.20 Å². The number of nitro groups is 1. The molecule has 2 rings (SSSR count). The Bertz CT molecular complexity index is 442. The van der Waals surface area contributed by atoms with Gasteiger partial charge in [0.05, 0.1) is 4.92 Å². The fraction of sp³-hybridized carbons (Fsp3) is 0.600. The van der Waals surface area contributed by atoms with Crippen LogP contribution >= 0.6 is 11.3 Å². The molecule has 1 aliphatic heterocycles. The van der Waals surface area contributed by atoms with Gasteiger partial charge in [0.25, 0.3) is 0 Å². The van der Waals surface area contributed by atoms with Crippen LogP contribution in [0.4, 0.5) is 10.1 Å². The molecule has 1 aromatic heterocycles. The lowest BCUT2D eigenvalue weighted by Gasteiger charge is -2.14. The van der Waals surface area contributed by atoms with E-state index in [-0.39, 0.29) is 10.9 Å². The van der Waals surface area contributed by atoms with Crippen molar-refractivity contribution in [3.8, 4) is 0 Å². The van der Waals surface area contributed by atoms with E-state index in [4.69, 9.17) is 0 Å². The summed E-state index contributed by atoms with van der Waals surface area (Å²) < 4.78 is 0. The molecule has 98 valence electrons.